The van der Waals surface area contributed by atoms with Crippen LogP contribution in [0.3, 0.4) is 0 Å². The van der Waals surface area contributed by atoms with Crippen LogP contribution < -0.4 is 5.32 Å². The maximum atomic E-state index is 4.14. The third-order valence-corrected chi connectivity index (χ3v) is 3.78. The lowest BCUT2D eigenvalue weighted by molar-refractivity contribution is 0.269. The highest BCUT2D eigenvalue weighted by atomic mass is 15.1. The summed E-state index contributed by atoms with van der Waals surface area (Å²) in [5, 5.41) is 5.98. The summed E-state index contributed by atoms with van der Waals surface area (Å²) in [4.78, 5) is 6.52. The average Bonchev–Trinajstić information content (AvgIpc) is 2.46. The normalized spacial score (nSPS) is 11.7. The first-order valence-corrected chi connectivity index (χ1v) is 7.40. The van der Waals surface area contributed by atoms with Crippen LogP contribution in [0.2, 0.25) is 0 Å². The van der Waals surface area contributed by atoms with Crippen LogP contribution in [0.5, 0.6) is 0 Å². The molecule has 2 rings (SSSR count). The molecule has 0 saturated carbocycles. The van der Waals surface area contributed by atoms with Gasteiger partial charge < -0.3 is 10.2 Å². The molecule has 1 heterocycles. The SMILES string of the molecule is CC(C)N(C)CCCNCc1ccc2cnccc2c1. The standard InChI is InChI=1S/C17H25N3/c1-14(2)20(3)10-4-8-18-12-15-5-6-17-13-19-9-7-16(17)11-15/h5-7,9,11,13-14,18H,4,8,10,12H2,1-3H3. The van der Waals surface area contributed by atoms with E-state index >= 15 is 0 Å². The fourth-order valence-corrected chi connectivity index (χ4v) is 2.19. The maximum absolute atomic E-state index is 4.14. The zero-order chi connectivity index (χ0) is 14.4. The third kappa shape index (κ3) is 4.29. The van der Waals surface area contributed by atoms with E-state index in [1.165, 1.54) is 22.8 Å². The molecule has 0 aliphatic heterocycles. The van der Waals surface area contributed by atoms with E-state index < -0.39 is 0 Å². The van der Waals surface area contributed by atoms with Crippen molar-refractivity contribution in [2.45, 2.75) is 32.9 Å². The quantitative estimate of drug-likeness (QED) is 0.785. The number of rotatable bonds is 7. The summed E-state index contributed by atoms with van der Waals surface area (Å²) in [5.41, 5.74) is 1.33. The molecule has 0 spiro atoms. The second-order valence-corrected chi connectivity index (χ2v) is 5.66. The Morgan fingerprint density at radius 2 is 2.05 bits per heavy atom. The third-order valence-electron chi connectivity index (χ3n) is 3.78. The summed E-state index contributed by atoms with van der Waals surface area (Å²) in [6.45, 7) is 7.61. The predicted octanol–water partition coefficient (Wildman–Crippen LogP) is 3.05. The van der Waals surface area contributed by atoms with Crippen LogP contribution in [0.4, 0.5) is 0 Å². The number of aromatic nitrogens is 1. The van der Waals surface area contributed by atoms with Gasteiger partial charge >= 0.3 is 0 Å². The summed E-state index contributed by atoms with van der Waals surface area (Å²) < 4.78 is 0. The Kier molecular flexibility index (Phi) is 5.50. The topological polar surface area (TPSA) is 28.2 Å². The van der Waals surface area contributed by atoms with E-state index in [0.717, 1.165) is 19.6 Å². The Hall–Kier alpha value is -1.45. The van der Waals surface area contributed by atoms with E-state index in [1.54, 1.807) is 0 Å². The summed E-state index contributed by atoms with van der Waals surface area (Å²) >= 11 is 0. The first kappa shape index (κ1) is 14.9. The summed E-state index contributed by atoms with van der Waals surface area (Å²) in [7, 11) is 2.18. The lowest BCUT2D eigenvalue weighted by atomic mass is 10.1. The van der Waals surface area contributed by atoms with E-state index in [4.69, 9.17) is 0 Å². The van der Waals surface area contributed by atoms with Crippen LogP contribution in [0.25, 0.3) is 10.8 Å². The second kappa shape index (κ2) is 7.36. The average molecular weight is 271 g/mol. The van der Waals surface area contributed by atoms with E-state index in [-0.39, 0.29) is 0 Å². The molecule has 108 valence electrons. The molecular formula is C17H25N3. The van der Waals surface area contributed by atoms with Crippen molar-refractivity contribution < 1.29 is 0 Å². The monoisotopic (exact) mass is 271 g/mol. The zero-order valence-electron chi connectivity index (χ0n) is 12.8. The van der Waals surface area contributed by atoms with Gasteiger partial charge in [-0.3, -0.25) is 4.98 Å². The van der Waals surface area contributed by atoms with Crippen LogP contribution in [0.1, 0.15) is 25.8 Å². The van der Waals surface area contributed by atoms with Gasteiger partial charge in [0.1, 0.15) is 0 Å². The molecule has 0 aliphatic carbocycles. The number of hydrogen-bond acceptors (Lipinski definition) is 3. The second-order valence-electron chi connectivity index (χ2n) is 5.66. The summed E-state index contributed by atoms with van der Waals surface area (Å²) in [6, 6.07) is 9.26. The highest BCUT2D eigenvalue weighted by Crippen LogP contribution is 2.14. The number of pyridine rings is 1. The van der Waals surface area contributed by atoms with E-state index in [9.17, 15) is 0 Å². The molecule has 0 unspecified atom stereocenters. The van der Waals surface area contributed by atoms with Gasteiger partial charge in [-0.2, -0.15) is 0 Å². The van der Waals surface area contributed by atoms with Crippen molar-refractivity contribution in [2.75, 3.05) is 20.1 Å². The van der Waals surface area contributed by atoms with Gasteiger partial charge in [-0.1, -0.05) is 12.1 Å². The van der Waals surface area contributed by atoms with Crippen molar-refractivity contribution >= 4 is 10.8 Å². The Labute approximate surface area is 122 Å². The molecule has 1 N–H and O–H groups in total. The summed E-state index contributed by atoms with van der Waals surface area (Å²) in [6.07, 6.45) is 4.95. The number of nitrogens with one attached hydrogen (secondary N) is 1. The molecule has 2 aromatic rings. The van der Waals surface area contributed by atoms with Gasteiger partial charge in [0.15, 0.2) is 0 Å². The Morgan fingerprint density at radius 1 is 1.20 bits per heavy atom. The predicted molar refractivity (Wildman–Crippen MR) is 85.8 cm³/mol. The molecule has 0 radical (unpaired) electrons. The largest absolute Gasteiger partial charge is 0.313 e. The molecule has 0 fully saturated rings. The van der Waals surface area contributed by atoms with Crippen LogP contribution in [-0.4, -0.2) is 36.1 Å². The molecular weight excluding hydrogens is 246 g/mol. The van der Waals surface area contributed by atoms with E-state index in [1.807, 2.05) is 12.4 Å². The molecule has 0 atom stereocenters. The highest BCUT2D eigenvalue weighted by molar-refractivity contribution is 5.81. The minimum absolute atomic E-state index is 0.629. The first-order valence-electron chi connectivity index (χ1n) is 7.40. The zero-order valence-corrected chi connectivity index (χ0v) is 12.8. The summed E-state index contributed by atoms with van der Waals surface area (Å²) in [5.74, 6) is 0. The van der Waals surface area contributed by atoms with E-state index in [2.05, 4.69) is 60.4 Å². The van der Waals surface area contributed by atoms with Gasteiger partial charge in [-0.15, -0.1) is 0 Å². The number of nitrogens with zero attached hydrogens (tertiary/aromatic N) is 2. The highest BCUT2D eigenvalue weighted by Gasteiger charge is 2.01. The Bertz CT molecular complexity index is 537. The molecule has 3 heteroatoms. The molecule has 1 aromatic carbocycles. The van der Waals surface area contributed by atoms with Gasteiger partial charge in [-0.25, -0.2) is 0 Å². The van der Waals surface area contributed by atoms with Crippen LogP contribution in [0, 0.1) is 0 Å². The van der Waals surface area contributed by atoms with Gasteiger partial charge in [0.25, 0.3) is 0 Å². The molecule has 0 saturated heterocycles. The van der Waals surface area contributed by atoms with Crippen molar-refractivity contribution in [1.82, 2.24) is 15.2 Å². The van der Waals surface area contributed by atoms with Crippen LogP contribution >= 0.6 is 0 Å². The molecule has 3 nitrogen and oxygen atoms in total. The number of fused-ring (bicyclic) bond motifs is 1. The van der Waals surface area contributed by atoms with Crippen molar-refractivity contribution in [3.8, 4) is 0 Å². The van der Waals surface area contributed by atoms with Gasteiger partial charge in [0.05, 0.1) is 0 Å². The van der Waals surface area contributed by atoms with Gasteiger partial charge in [0, 0.05) is 30.4 Å². The fraction of sp³-hybridized carbons (Fsp3) is 0.471. The van der Waals surface area contributed by atoms with Gasteiger partial charge in [0.2, 0.25) is 0 Å². The fourth-order valence-electron chi connectivity index (χ4n) is 2.19. The molecule has 0 aliphatic rings. The number of hydrogen-bond donors (Lipinski definition) is 1. The van der Waals surface area contributed by atoms with Crippen molar-refractivity contribution in [1.29, 1.82) is 0 Å². The van der Waals surface area contributed by atoms with Gasteiger partial charge in [-0.05, 0) is 63.5 Å². The molecule has 1 aromatic heterocycles. The lowest BCUT2D eigenvalue weighted by Crippen LogP contribution is -2.29. The Balaban J connectivity index is 1.76. The smallest absolute Gasteiger partial charge is 0.0346 e. The van der Waals surface area contributed by atoms with Crippen LogP contribution in [-0.2, 0) is 6.54 Å². The van der Waals surface area contributed by atoms with Crippen molar-refractivity contribution in [2.24, 2.45) is 0 Å². The first-order chi connectivity index (χ1) is 9.66. The van der Waals surface area contributed by atoms with E-state index in [0.29, 0.717) is 6.04 Å². The van der Waals surface area contributed by atoms with Crippen molar-refractivity contribution in [3.05, 3.63) is 42.2 Å². The van der Waals surface area contributed by atoms with Crippen molar-refractivity contribution in [3.63, 3.8) is 0 Å². The molecule has 0 bridgehead atoms. The molecule has 20 heavy (non-hydrogen) atoms. The lowest BCUT2D eigenvalue weighted by Gasteiger charge is -2.20. The Morgan fingerprint density at radius 3 is 2.85 bits per heavy atom. The molecule has 0 amide bonds. The number of benzene rings is 1. The minimum atomic E-state index is 0.629. The minimum Gasteiger partial charge on any atom is -0.313 e. The maximum Gasteiger partial charge on any atom is 0.0346 e. The van der Waals surface area contributed by atoms with Crippen LogP contribution in [0.15, 0.2) is 36.7 Å².